The Bertz CT molecular complexity index is 254. The molecule has 0 bridgehead atoms. The van der Waals surface area contributed by atoms with Crippen LogP contribution < -0.4 is 5.32 Å². The lowest BCUT2D eigenvalue weighted by Gasteiger charge is -2.24. The highest BCUT2D eigenvalue weighted by Gasteiger charge is 2.20. The van der Waals surface area contributed by atoms with Gasteiger partial charge in [-0.25, -0.2) is 0 Å². The van der Waals surface area contributed by atoms with Crippen molar-refractivity contribution in [3.05, 3.63) is 0 Å². The maximum Gasteiger partial charge on any atom is 0.239 e. The van der Waals surface area contributed by atoms with E-state index in [2.05, 4.69) is 5.32 Å². The van der Waals surface area contributed by atoms with Gasteiger partial charge in [0.1, 0.15) is 0 Å². The zero-order valence-electron chi connectivity index (χ0n) is 13.0. The lowest BCUT2D eigenvalue weighted by Crippen LogP contribution is -2.45. The summed E-state index contributed by atoms with van der Waals surface area (Å²) >= 11 is 0. The number of nitrogens with one attached hydrogen (secondary N) is 1. The first kappa shape index (κ1) is 17.4. The Morgan fingerprint density at radius 2 is 1.85 bits per heavy atom. The molecule has 0 aromatic heterocycles. The summed E-state index contributed by atoms with van der Waals surface area (Å²) in [5, 5.41) is 3.29. The minimum absolute atomic E-state index is 0.0907. The van der Waals surface area contributed by atoms with Crippen molar-refractivity contribution in [1.82, 2.24) is 10.2 Å². The summed E-state index contributed by atoms with van der Waals surface area (Å²) in [5.74, 6) is 0.243. The van der Waals surface area contributed by atoms with Crippen LogP contribution in [0.2, 0.25) is 0 Å². The largest absolute Gasteiger partial charge is 0.382 e. The molecule has 20 heavy (non-hydrogen) atoms. The van der Waals surface area contributed by atoms with Crippen LogP contribution in [0.1, 0.15) is 39.0 Å². The minimum Gasteiger partial charge on any atom is -0.382 e. The fourth-order valence-corrected chi connectivity index (χ4v) is 2.39. The highest BCUT2D eigenvalue weighted by molar-refractivity contribution is 5.81. The maximum absolute atomic E-state index is 12.3. The van der Waals surface area contributed by atoms with Gasteiger partial charge in [-0.05, 0) is 32.7 Å². The van der Waals surface area contributed by atoms with E-state index in [1.807, 2.05) is 11.8 Å². The SMILES string of the molecule is COCCOCCCNC(C)C(=O)N1CCCCCC1. The molecule has 1 N–H and O–H groups in total. The van der Waals surface area contributed by atoms with Crippen molar-refractivity contribution in [2.45, 2.75) is 45.1 Å². The van der Waals surface area contributed by atoms with Crippen molar-refractivity contribution < 1.29 is 14.3 Å². The van der Waals surface area contributed by atoms with Crippen molar-refractivity contribution >= 4 is 5.91 Å². The lowest BCUT2D eigenvalue weighted by molar-refractivity contribution is -0.133. The first-order chi connectivity index (χ1) is 9.75. The fourth-order valence-electron chi connectivity index (χ4n) is 2.39. The molecule has 0 aromatic carbocycles. The molecule has 0 radical (unpaired) electrons. The average Bonchev–Trinajstić information content (AvgIpc) is 2.74. The number of likely N-dealkylation sites (tertiary alicyclic amines) is 1. The molecule has 0 aliphatic carbocycles. The summed E-state index contributed by atoms with van der Waals surface area (Å²) in [5.41, 5.74) is 0. The van der Waals surface area contributed by atoms with E-state index in [0.29, 0.717) is 19.8 Å². The molecule has 1 aliphatic rings. The van der Waals surface area contributed by atoms with Crippen LogP contribution in [-0.4, -0.2) is 63.4 Å². The number of nitrogens with zero attached hydrogens (tertiary/aromatic N) is 1. The van der Waals surface area contributed by atoms with Crippen LogP contribution in [0.4, 0.5) is 0 Å². The molecule has 1 fully saturated rings. The van der Waals surface area contributed by atoms with Crippen LogP contribution in [-0.2, 0) is 14.3 Å². The number of methoxy groups -OCH3 is 1. The molecule has 1 rings (SSSR count). The fraction of sp³-hybridized carbons (Fsp3) is 0.933. The van der Waals surface area contributed by atoms with Crippen molar-refractivity contribution in [1.29, 1.82) is 0 Å². The van der Waals surface area contributed by atoms with Gasteiger partial charge < -0.3 is 19.7 Å². The molecule has 1 atom stereocenters. The number of carbonyl (C=O) groups excluding carboxylic acids is 1. The van der Waals surface area contributed by atoms with Gasteiger partial charge in [0.15, 0.2) is 0 Å². The predicted molar refractivity (Wildman–Crippen MR) is 79.8 cm³/mol. The van der Waals surface area contributed by atoms with Crippen LogP contribution in [0.15, 0.2) is 0 Å². The van der Waals surface area contributed by atoms with Gasteiger partial charge in [-0.3, -0.25) is 4.79 Å². The molecule has 1 saturated heterocycles. The number of ether oxygens (including phenoxy) is 2. The van der Waals surface area contributed by atoms with Crippen molar-refractivity contribution in [3.63, 3.8) is 0 Å². The van der Waals surface area contributed by atoms with E-state index in [1.165, 1.54) is 12.8 Å². The van der Waals surface area contributed by atoms with Crippen LogP contribution >= 0.6 is 0 Å². The molecular formula is C15H30N2O3. The Kier molecular flexibility index (Phi) is 9.62. The highest BCUT2D eigenvalue weighted by Crippen LogP contribution is 2.10. The Morgan fingerprint density at radius 3 is 2.50 bits per heavy atom. The molecule has 1 heterocycles. The second-order valence-electron chi connectivity index (χ2n) is 5.37. The van der Waals surface area contributed by atoms with Crippen LogP contribution in [0, 0.1) is 0 Å². The molecule has 1 amide bonds. The van der Waals surface area contributed by atoms with Gasteiger partial charge in [0.05, 0.1) is 19.3 Å². The smallest absolute Gasteiger partial charge is 0.239 e. The molecule has 0 spiro atoms. The Morgan fingerprint density at radius 1 is 1.15 bits per heavy atom. The van der Waals surface area contributed by atoms with E-state index in [4.69, 9.17) is 9.47 Å². The van der Waals surface area contributed by atoms with E-state index >= 15 is 0 Å². The van der Waals surface area contributed by atoms with Gasteiger partial charge in [0, 0.05) is 26.8 Å². The Balaban J connectivity index is 2.08. The zero-order valence-corrected chi connectivity index (χ0v) is 13.0. The third-order valence-corrected chi connectivity index (χ3v) is 3.64. The number of hydrogen-bond acceptors (Lipinski definition) is 4. The number of rotatable bonds is 9. The van der Waals surface area contributed by atoms with E-state index in [9.17, 15) is 4.79 Å². The van der Waals surface area contributed by atoms with Gasteiger partial charge in [-0.1, -0.05) is 12.8 Å². The molecule has 1 aliphatic heterocycles. The molecule has 118 valence electrons. The van der Waals surface area contributed by atoms with Crippen molar-refractivity contribution in [3.8, 4) is 0 Å². The molecule has 0 aromatic rings. The predicted octanol–water partition coefficient (Wildman–Crippen LogP) is 1.42. The number of hydrogen-bond donors (Lipinski definition) is 1. The quantitative estimate of drug-likeness (QED) is 0.651. The van der Waals surface area contributed by atoms with E-state index < -0.39 is 0 Å². The first-order valence-electron chi connectivity index (χ1n) is 7.84. The molecule has 0 saturated carbocycles. The van der Waals surface area contributed by atoms with Crippen LogP contribution in [0.25, 0.3) is 0 Å². The molecule has 5 nitrogen and oxygen atoms in total. The summed E-state index contributed by atoms with van der Waals surface area (Å²) < 4.78 is 10.3. The minimum atomic E-state index is -0.0907. The monoisotopic (exact) mass is 286 g/mol. The summed E-state index contributed by atoms with van der Waals surface area (Å²) in [6.07, 6.45) is 5.72. The third kappa shape index (κ3) is 7.22. The number of amides is 1. The van der Waals surface area contributed by atoms with Crippen molar-refractivity contribution in [2.24, 2.45) is 0 Å². The second kappa shape index (κ2) is 11.1. The zero-order chi connectivity index (χ0) is 14.6. The lowest BCUT2D eigenvalue weighted by atomic mass is 10.2. The first-order valence-corrected chi connectivity index (χ1v) is 7.84. The normalized spacial score (nSPS) is 17.8. The number of carbonyl (C=O) groups is 1. The van der Waals surface area contributed by atoms with Gasteiger partial charge in [-0.2, -0.15) is 0 Å². The van der Waals surface area contributed by atoms with E-state index in [0.717, 1.165) is 38.9 Å². The Labute approximate surface area is 123 Å². The molecular weight excluding hydrogens is 256 g/mol. The van der Waals surface area contributed by atoms with E-state index in [1.54, 1.807) is 7.11 Å². The van der Waals surface area contributed by atoms with Gasteiger partial charge in [0.2, 0.25) is 5.91 Å². The third-order valence-electron chi connectivity index (χ3n) is 3.64. The highest BCUT2D eigenvalue weighted by atomic mass is 16.5. The summed E-state index contributed by atoms with van der Waals surface area (Å²) in [6.45, 7) is 6.60. The standard InChI is InChI=1S/C15H30N2O3/c1-14(16-8-7-11-20-13-12-19-2)15(18)17-9-5-3-4-6-10-17/h14,16H,3-13H2,1-2H3. The Hall–Kier alpha value is -0.650. The average molecular weight is 286 g/mol. The second-order valence-corrected chi connectivity index (χ2v) is 5.37. The van der Waals surface area contributed by atoms with Gasteiger partial charge in [0.25, 0.3) is 0 Å². The van der Waals surface area contributed by atoms with Crippen molar-refractivity contribution in [2.75, 3.05) is 46.6 Å². The van der Waals surface area contributed by atoms with Crippen LogP contribution in [0.3, 0.4) is 0 Å². The molecule has 5 heteroatoms. The van der Waals surface area contributed by atoms with Gasteiger partial charge >= 0.3 is 0 Å². The molecule has 1 unspecified atom stereocenters. The van der Waals surface area contributed by atoms with Gasteiger partial charge in [-0.15, -0.1) is 0 Å². The van der Waals surface area contributed by atoms with E-state index in [-0.39, 0.29) is 11.9 Å². The summed E-state index contributed by atoms with van der Waals surface area (Å²) in [7, 11) is 1.67. The summed E-state index contributed by atoms with van der Waals surface area (Å²) in [6, 6.07) is -0.0907. The summed E-state index contributed by atoms with van der Waals surface area (Å²) in [4.78, 5) is 14.3. The maximum atomic E-state index is 12.3. The topological polar surface area (TPSA) is 50.8 Å². The van der Waals surface area contributed by atoms with Crippen LogP contribution in [0.5, 0.6) is 0 Å².